The molecular formula is C14H8F21NO4S. The molecule has 0 aliphatic carbocycles. The molecule has 0 amide bonds. The van der Waals surface area contributed by atoms with Crippen LogP contribution in [0.4, 0.5) is 92.2 Å². The first kappa shape index (κ1) is 38.9. The van der Waals surface area contributed by atoms with Gasteiger partial charge < -0.3 is 5.11 Å². The van der Waals surface area contributed by atoms with Gasteiger partial charge in [-0.3, -0.25) is 4.79 Å². The molecule has 0 bridgehead atoms. The number of carboxylic acid groups (broad SMARTS) is 1. The van der Waals surface area contributed by atoms with Gasteiger partial charge in [-0.2, -0.15) is 92.2 Å². The highest BCUT2D eigenvalue weighted by Gasteiger charge is 2.98. The molecule has 246 valence electrons. The maximum atomic E-state index is 14.1. The first-order chi connectivity index (χ1) is 17.4. The summed E-state index contributed by atoms with van der Waals surface area (Å²) >= 11 is 0. The lowest BCUT2D eigenvalue weighted by Crippen LogP contribution is -2.77. The number of aliphatic carboxylic acids is 1. The molecule has 0 saturated carbocycles. The molecule has 41 heavy (non-hydrogen) atoms. The fraction of sp³-hybridized carbons (Fsp3) is 0.929. The van der Waals surface area contributed by atoms with E-state index in [1.165, 1.54) is 0 Å². The van der Waals surface area contributed by atoms with E-state index in [2.05, 4.69) is 0 Å². The van der Waals surface area contributed by atoms with Gasteiger partial charge >= 0.3 is 65.6 Å². The fourth-order valence-corrected chi connectivity index (χ4v) is 3.44. The number of sulfonamides is 1. The number of carbonyl (C=O) groups is 1. The standard InChI is InChI=1S/C14H8F21NO4S/c1-2-41(39,40)36(3-4(37)38)14(34,35)12(29,30)10(25,26)8(21,22)6(17,18)5(15,16)7(19,20)9(23,24)11(27,28)13(31,32)33/h2-3H2,1H3,(H,37,38). The summed E-state index contributed by atoms with van der Waals surface area (Å²) < 4.78 is 301. The van der Waals surface area contributed by atoms with Gasteiger partial charge in [-0.15, -0.1) is 4.31 Å². The van der Waals surface area contributed by atoms with Crippen molar-refractivity contribution in [1.82, 2.24) is 4.31 Å². The molecule has 1 N–H and O–H groups in total. The largest absolute Gasteiger partial charge is 0.480 e. The highest BCUT2D eigenvalue weighted by molar-refractivity contribution is 7.89. The molecule has 0 radical (unpaired) electrons. The van der Waals surface area contributed by atoms with Crippen molar-refractivity contribution in [2.24, 2.45) is 0 Å². The van der Waals surface area contributed by atoms with Crippen LogP contribution in [-0.4, -0.2) is 95.7 Å². The molecule has 0 unspecified atom stereocenters. The van der Waals surface area contributed by atoms with Gasteiger partial charge in [0.2, 0.25) is 10.0 Å². The van der Waals surface area contributed by atoms with Crippen LogP contribution in [0, 0.1) is 0 Å². The van der Waals surface area contributed by atoms with Crippen LogP contribution in [0.3, 0.4) is 0 Å². The zero-order chi connectivity index (χ0) is 34.1. The number of carboxylic acids is 1. The minimum atomic E-state index is -9.40. The van der Waals surface area contributed by atoms with Crippen LogP contribution in [0.25, 0.3) is 0 Å². The smallest absolute Gasteiger partial charge is 0.460 e. The van der Waals surface area contributed by atoms with E-state index in [-0.39, 0.29) is 6.92 Å². The highest BCUT2D eigenvalue weighted by Crippen LogP contribution is 2.66. The van der Waals surface area contributed by atoms with Crippen molar-refractivity contribution in [2.45, 2.75) is 66.5 Å². The van der Waals surface area contributed by atoms with E-state index < -0.39 is 92.2 Å². The van der Waals surface area contributed by atoms with Crippen LogP contribution in [0.2, 0.25) is 0 Å². The van der Waals surface area contributed by atoms with Crippen molar-refractivity contribution in [2.75, 3.05) is 12.3 Å². The molecule has 0 atom stereocenters. The number of hydrogen-bond donors (Lipinski definition) is 1. The molecular weight excluding hydrogens is 677 g/mol. The average Bonchev–Trinajstić information content (AvgIpc) is 2.75. The Bertz CT molecular complexity index is 1100. The summed E-state index contributed by atoms with van der Waals surface area (Å²) in [4.78, 5) is 10.5. The van der Waals surface area contributed by atoms with E-state index in [1.807, 2.05) is 0 Å². The number of rotatable bonds is 13. The molecule has 0 aromatic heterocycles. The minimum absolute atomic E-state index is 0.152. The Kier molecular flexibility index (Phi) is 9.48. The summed E-state index contributed by atoms with van der Waals surface area (Å²) in [5.74, 6) is -77.6. The van der Waals surface area contributed by atoms with Crippen LogP contribution < -0.4 is 0 Å². The van der Waals surface area contributed by atoms with Crippen molar-refractivity contribution in [1.29, 1.82) is 0 Å². The van der Waals surface area contributed by atoms with Gasteiger partial charge in [0.1, 0.15) is 6.54 Å². The fourth-order valence-electron chi connectivity index (χ4n) is 2.36. The molecule has 0 spiro atoms. The molecule has 27 heteroatoms. The van der Waals surface area contributed by atoms with Crippen molar-refractivity contribution in [3.63, 3.8) is 0 Å². The van der Waals surface area contributed by atoms with Crippen molar-refractivity contribution in [3.8, 4) is 0 Å². The van der Waals surface area contributed by atoms with Crippen LogP contribution >= 0.6 is 0 Å². The topological polar surface area (TPSA) is 74.7 Å². The summed E-state index contributed by atoms with van der Waals surface area (Å²) in [6, 6.07) is -7.73. The van der Waals surface area contributed by atoms with Gasteiger partial charge in [0, 0.05) is 0 Å². The predicted octanol–water partition coefficient (Wildman–Crippen LogP) is 5.96. The second kappa shape index (κ2) is 9.99. The second-order valence-corrected chi connectivity index (χ2v) is 9.62. The van der Waals surface area contributed by atoms with E-state index in [9.17, 15) is 105 Å². The van der Waals surface area contributed by atoms with Crippen LogP contribution in [0.1, 0.15) is 6.92 Å². The Morgan fingerprint density at radius 2 is 0.780 bits per heavy atom. The van der Waals surface area contributed by atoms with Crippen molar-refractivity contribution < 1.29 is 111 Å². The van der Waals surface area contributed by atoms with Crippen molar-refractivity contribution in [3.05, 3.63) is 0 Å². The summed E-state index contributed by atoms with van der Waals surface area (Å²) in [7, 11) is -6.34. The summed E-state index contributed by atoms with van der Waals surface area (Å²) in [6.45, 7) is -2.96. The SMILES string of the molecule is CCS(=O)(=O)N(CC(=O)O)C(F)(F)C(F)(F)C(F)(F)C(F)(F)C(F)(F)C(F)(F)C(F)(F)C(F)(F)C(F)(F)C(F)(F)F. The van der Waals surface area contributed by atoms with Gasteiger partial charge in [0.15, 0.2) is 0 Å². The van der Waals surface area contributed by atoms with E-state index in [0.29, 0.717) is 0 Å². The number of halogens is 21. The van der Waals surface area contributed by atoms with Gasteiger partial charge in [-0.25, -0.2) is 8.42 Å². The van der Waals surface area contributed by atoms with Gasteiger partial charge in [-0.05, 0) is 6.92 Å². The number of nitrogens with zero attached hydrogens (tertiary/aromatic N) is 1. The zero-order valence-corrected chi connectivity index (χ0v) is 19.2. The van der Waals surface area contributed by atoms with Crippen LogP contribution in [-0.2, 0) is 14.8 Å². The molecule has 0 aromatic carbocycles. The first-order valence-electron chi connectivity index (χ1n) is 9.05. The summed E-state index contributed by atoms with van der Waals surface area (Å²) in [6.07, 6.45) is -8.11. The Morgan fingerprint density at radius 3 is 1.00 bits per heavy atom. The molecule has 5 nitrogen and oxygen atoms in total. The van der Waals surface area contributed by atoms with Crippen LogP contribution in [0.5, 0.6) is 0 Å². The number of hydrogen-bond acceptors (Lipinski definition) is 3. The summed E-state index contributed by atoms with van der Waals surface area (Å²) in [5.41, 5.74) is 0. The lowest BCUT2D eigenvalue weighted by Gasteiger charge is -2.45. The van der Waals surface area contributed by atoms with Crippen LogP contribution in [0.15, 0.2) is 0 Å². The van der Waals surface area contributed by atoms with E-state index >= 15 is 0 Å². The Hall–Kier alpha value is -2.09. The first-order valence-corrected chi connectivity index (χ1v) is 10.7. The third kappa shape index (κ3) is 5.10. The summed E-state index contributed by atoms with van der Waals surface area (Å²) in [5, 5.41) is 8.32. The zero-order valence-electron chi connectivity index (χ0n) is 18.4. The normalized spacial score (nSPS) is 16.4. The molecule has 0 fully saturated rings. The second-order valence-electron chi connectivity index (χ2n) is 7.44. The minimum Gasteiger partial charge on any atom is -0.480 e. The Morgan fingerprint density at radius 1 is 0.537 bits per heavy atom. The van der Waals surface area contributed by atoms with Gasteiger partial charge in [-0.1, -0.05) is 0 Å². The molecule has 0 aromatic rings. The monoisotopic (exact) mass is 685 g/mol. The lowest BCUT2D eigenvalue weighted by atomic mass is 9.87. The molecule has 0 rings (SSSR count). The maximum Gasteiger partial charge on any atom is 0.460 e. The third-order valence-electron chi connectivity index (χ3n) is 4.79. The molecule has 0 heterocycles. The molecule has 0 saturated heterocycles. The molecule has 0 aliphatic heterocycles. The van der Waals surface area contributed by atoms with Gasteiger partial charge in [0.25, 0.3) is 0 Å². The van der Waals surface area contributed by atoms with E-state index in [1.54, 1.807) is 0 Å². The van der Waals surface area contributed by atoms with Gasteiger partial charge in [0.05, 0.1) is 5.75 Å². The van der Waals surface area contributed by atoms with Crippen molar-refractivity contribution >= 4 is 16.0 Å². The maximum absolute atomic E-state index is 14.1. The predicted molar refractivity (Wildman–Crippen MR) is 84.4 cm³/mol. The lowest BCUT2D eigenvalue weighted by molar-refractivity contribution is -0.476. The Labute approximate surface area is 210 Å². The highest BCUT2D eigenvalue weighted by atomic mass is 32.2. The molecule has 0 aliphatic rings. The van der Waals surface area contributed by atoms with E-state index in [4.69, 9.17) is 5.11 Å². The average molecular weight is 685 g/mol. The van der Waals surface area contributed by atoms with E-state index in [0.717, 1.165) is 0 Å². The number of alkyl halides is 21. The Balaban J connectivity index is 7.40. The third-order valence-corrected chi connectivity index (χ3v) is 6.55. The quantitative estimate of drug-likeness (QED) is 0.192.